The minimum absolute atomic E-state index is 0.126. The molecule has 0 radical (unpaired) electrons. The third-order valence-corrected chi connectivity index (χ3v) is 2.16. The lowest BCUT2D eigenvalue weighted by Gasteiger charge is -2.02. The second-order valence-electron chi connectivity index (χ2n) is 2.75. The van der Waals surface area contributed by atoms with E-state index in [2.05, 4.69) is 9.72 Å². The summed E-state index contributed by atoms with van der Waals surface area (Å²) in [5, 5.41) is 8.61. The maximum Gasteiger partial charge on any atom is 0.356 e. The molecule has 5 nitrogen and oxygen atoms in total. The molecule has 0 saturated carbocycles. The van der Waals surface area contributed by atoms with Crippen LogP contribution in [0.1, 0.15) is 16.1 Å². The Morgan fingerprint density at radius 2 is 2.20 bits per heavy atom. The van der Waals surface area contributed by atoms with Crippen LogP contribution in [0.5, 0.6) is 0 Å². The molecular formula is C9H8INO4. The third kappa shape index (κ3) is 3.46. The van der Waals surface area contributed by atoms with E-state index in [1.807, 2.05) is 22.6 Å². The number of hydrogen-bond donors (Lipinski definition) is 1. The first-order valence-electron chi connectivity index (χ1n) is 3.99. The highest BCUT2D eigenvalue weighted by molar-refractivity contribution is 14.1. The summed E-state index contributed by atoms with van der Waals surface area (Å²) in [4.78, 5) is 25.6. The van der Waals surface area contributed by atoms with Crippen molar-refractivity contribution in [3.05, 3.63) is 27.1 Å². The van der Waals surface area contributed by atoms with Crippen molar-refractivity contribution in [2.45, 2.75) is 6.42 Å². The van der Waals surface area contributed by atoms with E-state index in [1.165, 1.54) is 13.2 Å². The van der Waals surface area contributed by atoms with E-state index in [0.29, 0.717) is 9.26 Å². The number of pyridine rings is 1. The van der Waals surface area contributed by atoms with Gasteiger partial charge in [0.15, 0.2) is 0 Å². The summed E-state index contributed by atoms with van der Waals surface area (Å²) in [6, 6.07) is 3.03. The van der Waals surface area contributed by atoms with Crippen molar-refractivity contribution >= 4 is 34.5 Å². The summed E-state index contributed by atoms with van der Waals surface area (Å²) < 4.78 is 5.06. The van der Waals surface area contributed by atoms with Gasteiger partial charge in [-0.1, -0.05) is 0 Å². The van der Waals surface area contributed by atoms with E-state index in [1.54, 1.807) is 6.07 Å². The summed E-state index contributed by atoms with van der Waals surface area (Å²) in [6.07, 6.45) is -0.136. The first-order chi connectivity index (χ1) is 7.02. The minimum atomic E-state index is -0.951. The Bertz CT molecular complexity index is 405. The fourth-order valence-electron chi connectivity index (χ4n) is 1.04. The van der Waals surface area contributed by atoms with Gasteiger partial charge >= 0.3 is 11.9 Å². The van der Waals surface area contributed by atoms with Crippen LogP contribution in [0.15, 0.2) is 12.1 Å². The first kappa shape index (κ1) is 11.9. The molecule has 0 aromatic carbocycles. The molecule has 6 heteroatoms. The molecular weight excluding hydrogens is 313 g/mol. The van der Waals surface area contributed by atoms with Crippen LogP contribution in [0.4, 0.5) is 0 Å². The third-order valence-electron chi connectivity index (χ3n) is 1.60. The molecule has 1 aromatic rings. The van der Waals surface area contributed by atoms with E-state index in [-0.39, 0.29) is 12.1 Å². The van der Waals surface area contributed by atoms with E-state index in [0.717, 1.165) is 0 Å². The fourth-order valence-corrected chi connectivity index (χ4v) is 1.70. The van der Waals surface area contributed by atoms with Crippen LogP contribution in [0.25, 0.3) is 0 Å². The Morgan fingerprint density at radius 3 is 2.73 bits per heavy atom. The normalized spacial score (nSPS) is 9.73. The van der Waals surface area contributed by atoms with Crippen molar-refractivity contribution in [1.29, 1.82) is 0 Å². The zero-order valence-electron chi connectivity index (χ0n) is 7.86. The smallest absolute Gasteiger partial charge is 0.356 e. The van der Waals surface area contributed by atoms with Gasteiger partial charge in [0.2, 0.25) is 0 Å². The molecule has 0 aliphatic rings. The SMILES string of the molecule is COC(=O)c1cc(CC(=O)O)cc(I)n1. The van der Waals surface area contributed by atoms with Crippen molar-refractivity contribution in [3.8, 4) is 0 Å². The van der Waals surface area contributed by atoms with Gasteiger partial charge in [-0.25, -0.2) is 9.78 Å². The highest BCUT2D eigenvalue weighted by Crippen LogP contribution is 2.10. The van der Waals surface area contributed by atoms with Crippen LogP contribution in [0.2, 0.25) is 0 Å². The monoisotopic (exact) mass is 321 g/mol. The molecule has 80 valence electrons. The van der Waals surface area contributed by atoms with Crippen LogP contribution in [-0.2, 0) is 16.0 Å². The van der Waals surface area contributed by atoms with Crippen molar-refractivity contribution < 1.29 is 19.4 Å². The molecule has 1 N–H and O–H groups in total. The predicted molar refractivity (Wildman–Crippen MR) is 59.6 cm³/mol. The Balaban J connectivity index is 3.04. The Hall–Kier alpha value is -1.18. The summed E-state index contributed by atoms with van der Waals surface area (Å²) in [5.41, 5.74) is 0.656. The average molecular weight is 321 g/mol. The Morgan fingerprint density at radius 1 is 1.53 bits per heavy atom. The van der Waals surface area contributed by atoms with E-state index in [4.69, 9.17) is 5.11 Å². The number of carbonyl (C=O) groups is 2. The number of aromatic nitrogens is 1. The summed E-state index contributed by atoms with van der Waals surface area (Å²) in [7, 11) is 1.25. The summed E-state index contributed by atoms with van der Waals surface area (Å²) in [5.74, 6) is -1.52. The van der Waals surface area contributed by atoms with Gasteiger partial charge in [0, 0.05) is 0 Å². The molecule has 0 spiro atoms. The van der Waals surface area contributed by atoms with Crippen molar-refractivity contribution in [2.75, 3.05) is 7.11 Å². The van der Waals surface area contributed by atoms with Crippen molar-refractivity contribution in [3.63, 3.8) is 0 Å². The molecule has 0 unspecified atom stereocenters. The van der Waals surface area contributed by atoms with Gasteiger partial charge < -0.3 is 9.84 Å². The molecule has 0 aliphatic carbocycles. The molecule has 0 amide bonds. The number of esters is 1. The molecule has 0 aliphatic heterocycles. The number of hydrogen-bond acceptors (Lipinski definition) is 4. The molecule has 0 bridgehead atoms. The molecule has 0 fully saturated rings. The van der Waals surface area contributed by atoms with Gasteiger partial charge in [0.05, 0.1) is 13.5 Å². The molecule has 15 heavy (non-hydrogen) atoms. The Kier molecular flexibility index (Phi) is 4.01. The van der Waals surface area contributed by atoms with Gasteiger partial charge in [-0.15, -0.1) is 0 Å². The average Bonchev–Trinajstić information content (AvgIpc) is 2.14. The van der Waals surface area contributed by atoms with Crippen molar-refractivity contribution in [1.82, 2.24) is 4.98 Å². The van der Waals surface area contributed by atoms with E-state index >= 15 is 0 Å². The molecule has 0 saturated heterocycles. The fraction of sp³-hybridized carbons (Fsp3) is 0.222. The maximum absolute atomic E-state index is 11.2. The lowest BCUT2D eigenvalue weighted by molar-refractivity contribution is -0.136. The Labute approximate surface area is 99.6 Å². The number of nitrogens with zero attached hydrogens (tertiary/aromatic N) is 1. The maximum atomic E-state index is 11.2. The number of halogens is 1. The second kappa shape index (κ2) is 5.06. The van der Waals surface area contributed by atoms with Gasteiger partial charge in [-0.2, -0.15) is 0 Å². The molecule has 1 heterocycles. The van der Waals surface area contributed by atoms with E-state index < -0.39 is 11.9 Å². The predicted octanol–water partition coefficient (Wildman–Crippen LogP) is 1.10. The van der Waals surface area contributed by atoms with Crippen LogP contribution in [-0.4, -0.2) is 29.1 Å². The van der Waals surface area contributed by atoms with Gasteiger partial charge in [-0.05, 0) is 40.3 Å². The minimum Gasteiger partial charge on any atom is -0.481 e. The van der Waals surface area contributed by atoms with Gasteiger partial charge in [0.25, 0.3) is 0 Å². The van der Waals surface area contributed by atoms with Gasteiger partial charge in [-0.3, -0.25) is 4.79 Å². The quantitative estimate of drug-likeness (QED) is 0.512. The number of carboxylic acids is 1. The van der Waals surface area contributed by atoms with Crippen LogP contribution in [0, 0.1) is 3.70 Å². The number of ether oxygens (including phenoxy) is 1. The highest BCUT2D eigenvalue weighted by Gasteiger charge is 2.11. The number of carboxylic acid groups (broad SMARTS) is 1. The summed E-state index contributed by atoms with van der Waals surface area (Å²) >= 11 is 1.92. The number of methoxy groups -OCH3 is 1. The summed E-state index contributed by atoms with van der Waals surface area (Å²) in [6.45, 7) is 0. The number of carbonyl (C=O) groups excluding carboxylic acids is 1. The topological polar surface area (TPSA) is 76.5 Å². The molecule has 0 atom stereocenters. The van der Waals surface area contributed by atoms with Crippen LogP contribution in [0.3, 0.4) is 0 Å². The van der Waals surface area contributed by atoms with Gasteiger partial charge in [0.1, 0.15) is 9.39 Å². The lowest BCUT2D eigenvalue weighted by atomic mass is 10.2. The number of rotatable bonds is 3. The standard InChI is InChI=1S/C9H8INO4/c1-15-9(14)6-2-5(4-8(12)13)3-7(10)11-6/h2-3H,4H2,1H3,(H,12,13). The molecule has 1 rings (SSSR count). The van der Waals surface area contributed by atoms with Crippen molar-refractivity contribution in [2.24, 2.45) is 0 Å². The highest BCUT2D eigenvalue weighted by atomic mass is 127. The second-order valence-corrected chi connectivity index (χ2v) is 3.85. The lowest BCUT2D eigenvalue weighted by Crippen LogP contribution is -2.08. The zero-order valence-corrected chi connectivity index (χ0v) is 10.0. The number of aliphatic carboxylic acids is 1. The zero-order chi connectivity index (χ0) is 11.4. The van der Waals surface area contributed by atoms with E-state index in [9.17, 15) is 9.59 Å². The molecule has 1 aromatic heterocycles. The first-order valence-corrected chi connectivity index (χ1v) is 5.07. The van der Waals surface area contributed by atoms with Crippen LogP contribution < -0.4 is 0 Å². The van der Waals surface area contributed by atoms with Crippen LogP contribution >= 0.6 is 22.6 Å². The largest absolute Gasteiger partial charge is 0.481 e.